The van der Waals surface area contributed by atoms with Gasteiger partial charge in [-0.3, -0.25) is 4.98 Å². The number of pyridine rings is 2. The number of aromatic nitrogens is 2. The fraction of sp³-hybridized carbons (Fsp3) is 0.143. The van der Waals surface area contributed by atoms with Crippen LogP contribution in [0.1, 0.15) is 0 Å². The molecule has 4 aromatic rings. The van der Waals surface area contributed by atoms with E-state index >= 15 is 0 Å². The molecule has 0 aliphatic carbocycles. The van der Waals surface area contributed by atoms with Crippen molar-refractivity contribution < 1.29 is 0 Å². The van der Waals surface area contributed by atoms with Gasteiger partial charge in [0.2, 0.25) is 0 Å². The van der Waals surface area contributed by atoms with E-state index in [4.69, 9.17) is 4.98 Å². The Hall–Kier alpha value is -2.52. The molecule has 3 heteroatoms. The number of hydrogen-bond acceptors (Lipinski definition) is 2. The lowest BCUT2D eigenvalue weighted by atomic mass is 10.1. The number of nitrogens with zero attached hydrogens (tertiary/aromatic N) is 2. The van der Waals surface area contributed by atoms with Crippen LogP contribution in [0, 0.1) is 0 Å². The zero-order chi connectivity index (χ0) is 16.7. The van der Waals surface area contributed by atoms with Crippen LogP contribution in [0.4, 0.5) is 0 Å². The van der Waals surface area contributed by atoms with Gasteiger partial charge in [-0.05, 0) is 11.3 Å². The maximum Gasteiger partial charge on any atom is 0.0971 e. The van der Waals surface area contributed by atoms with E-state index in [1.54, 1.807) is 0 Å². The fourth-order valence-corrected chi connectivity index (χ4v) is 4.66. The lowest BCUT2D eigenvalue weighted by molar-refractivity contribution is 1.37. The van der Waals surface area contributed by atoms with Crippen LogP contribution in [-0.4, -0.2) is 18.0 Å². The van der Waals surface area contributed by atoms with E-state index in [0.29, 0.717) is 0 Å². The second-order valence-corrected chi connectivity index (χ2v) is 12.3. The molecule has 0 spiro atoms. The number of benzene rings is 2. The summed E-state index contributed by atoms with van der Waals surface area (Å²) in [4.78, 5) is 9.70. The fourth-order valence-electron chi connectivity index (χ4n) is 3.16. The molecule has 0 bridgehead atoms. The summed E-state index contributed by atoms with van der Waals surface area (Å²) >= 11 is 0. The first-order valence-electron chi connectivity index (χ1n) is 8.28. The van der Waals surface area contributed by atoms with E-state index < -0.39 is 8.07 Å². The second kappa shape index (κ2) is 5.53. The molecule has 0 aliphatic heterocycles. The Morgan fingerprint density at radius 3 is 2.25 bits per heavy atom. The molecule has 0 atom stereocenters. The van der Waals surface area contributed by atoms with Crippen molar-refractivity contribution in [3.63, 3.8) is 0 Å². The van der Waals surface area contributed by atoms with Crippen molar-refractivity contribution >= 4 is 35.1 Å². The SMILES string of the molecule is C[Si](C)(C)c1cc2ccc3cccnc3c2nc1-c1ccccc1. The number of rotatable bonds is 2. The van der Waals surface area contributed by atoms with Gasteiger partial charge in [0.25, 0.3) is 0 Å². The molecule has 0 saturated carbocycles. The minimum absolute atomic E-state index is 0.981. The van der Waals surface area contributed by atoms with Gasteiger partial charge in [-0.15, -0.1) is 0 Å². The molecule has 2 aromatic carbocycles. The average molecular weight is 328 g/mol. The average Bonchev–Trinajstić information content (AvgIpc) is 2.60. The van der Waals surface area contributed by atoms with Gasteiger partial charge in [-0.1, -0.05) is 74.2 Å². The molecule has 2 aromatic heterocycles. The molecule has 0 radical (unpaired) electrons. The van der Waals surface area contributed by atoms with Crippen LogP contribution in [0.2, 0.25) is 19.6 Å². The Labute approximate surface area is 143 Å². The van der Waals surface area contributed by atoms with E-state index in [0.717, 1.165) is 22.1 Å². The smallest absolute Gasteiger partial charge is 0.0971 e. The molecule has 0 fully saturated rings. The van der Waals surface area contributed by atoms with E-state index in [-0.39, 0.29) is 0 Å². The van der Waals surface area contributed by atoms with Gasteiger partial charge in [0.05, 0.1) is 24.8 Å². The molecule has 4 rings (SSSR count). The summed E-state index contributed by atoms with van der Waals surface area (Å²) in [5.41, 5.74) is 4.27. The van der Waals surface area contributed by atoms with E-state index in [2.05, 4.69) is 79.2 Å². The standard InChI is InChI=1S/C21H20N2Si/c1-24(2,3)18-14-17-12-11-16-10-7-13-22-20(16)21(17)23-19(18)15-8-5-4-6-9-15/h4-14H,1-3H3. The van der Waals surface area contributed by atoms with Crippen molar-refractivity contribution in [1.82, 2.24) is 9.97 Å². The van der Waals surface area contributed by atoms with Crippen molar-refractivity contribution in [2.45, 2.75) is 19.6 Å². The van der Waals surface area contributed by atoms with Crippen LogP contribution < -0.4 is 5.19 Å². The third kappa shape index (κ3) is 2.51. The molecule has 24 heavy (non-hydrogen) atoms. The third-order valence-electron chi connectivity index (χ3n) is 4.41. The largest absolute Gasteiger partial charge is 0.254 e. The summed E-state index contributed by atoms with van der Waals surface area (Å²) in [6, 6.07) is 21.2. The third-order valence-corrected chi connectivity index (χ3v) is 6.41. The number of hydrogen-bond donors (Lipinski definition) is 0. The van der Waals surface area contributed by atoms with Crippen molar-refractivity contribution in [2.24, 2.45) is 0 Å². The maximum absolute atomic E-state index is 5.11. The lowest BCUT2D eigenvalue weighted by Gasteiger charge is -2.21. The summed E-state index contributed by atoms with van der Waals surface area (Å²) in [5.74, 6) is 0. The molecule has 2 nitrogen and oxygen atoms in total. The summed E-state index contributed by atoms with van der Waals surface area (Å²) in [7, 11) is -1.53. The molecular formula is C21H20N2Si. The molecular weight excluding hydrogens is 308 g/mol. The first-order valence-corrected chi connectivity index (χ1v) is 11.8. The van der Waals surface area contributed by atoms with Crippen LogP contribution in [0.25, 0.3) is 33.1 Å². The van der Waals surface area contributed by atoms with Crippen LogP contribution in [0.5, 0.6) is 0 Å². The minimum Gasteiger partial charge on any atom is -0.254 e. The van der Waals surface area contributed by atoms with Gasteiger partial charge in [-0.2, -0.15) is 0 Å². The Balaban J connectivity index is 2.13. The Morgan fingerprint density at radius 2 is 1.50 bits per heavy atom. The zero-order valence-corrected chi connectivity index (χ0v) is 15.2. The molecule has 0 amide bonds. The van der Waals surface area contributed by atoms with Crippen molar-refractivity contribution in [3.8, 4) is 11.3 Å². The van der Waals surface area contributed by atoms with Crippen LogP contribution in [0.15, 0.2) is 66.9 Å². The molecule has 0 saturated heterocycles. The predicted molar refractivity (Wildman–Crippen MR) is 105 cm³/mol. The second-order valence-electron chi connectivity index (χ2n) is 7.21. The Kier molecular flexibility index (Phi) is 3.46. The van der Waals surface area contributed by atoms with Crippen LogP contribution in [0.3, 0.4) is 0 Å². The van der Waals surface area contributed by atoms with Gasteiger partial charge in [-0.25, -0.2) is 4.98 Å². The van der Waals surface area contributed by atoms with Crippen molar-refractivity contribution in [1.29, 1.82) is 0 Å². The topological polar surface area (TPSA) is 25.8 Å². The van der Waals surface area contributed by atoms with Gasteiger partial charge >= 0.3 is 0 Å². The summed E-state index contributed by atoms with van der Waals surface area (Å²) in [5, 5.41) is 3.71. The summed E-state index contributed by atoms with van der Waals surface area (Å²) in [6.07, 6.45) is 1.85. The highest BCUT2D eigenvalue weighted by Gasteiger charge is 2.23. The monoisotopic (exact) mass is 328 g/mol. The highest BCUT2D eigenvalue weighted by Crippen LogP contribution is 2.26. The Morgan fingerprint density at radius 1 is 0.750 bits per heavy atom. The first-order chi connectivity index (χ1) is 11.5. The zero-order valence-electron chi connectivity index (χ0n) is 14.2. The van der Waals surface area contributed by atoms with Gasteiger partial charge in [0.1, 0.15) is 0 Å². The molecule has 118 valence electrons. The van der Waals surface area contributed by atoms with Crippen molar-refractivity contribution in [2.75, 3.05) is 0 Å². The van der Waals surface area contributed by atoms with Gasteiger partial charge in [0.15, 0.2) is 0 Å². The highest BCUT2D eigenvalue weighted by atomic mass is 28.3. The van der Waals surface area contributed by atoms with E-state index in [1.807, 2.05) is 12.3 Å². The molecule has 0 unspecified atom stereocenters. The lowest BCUT2D eigenvalue weighted by Crippen LogP contribution is -2.39. The van der Waals surface area contributed by atoms with E-state index in [9.17, 15) is 0 Å². The van der Waals surface area contributed by atoms with Crippen molar-refractivity contribution in [3.05, 3.63) is 66.9 Å². The molecule has 2 heterocycles. The highest BCUT2D eigenvalue weighted by molar-refractivity contribution is 6.89. The maximum atomic E-state index is 5.11. The minimum atomic E-state index is -1.53. The predicted octanol–water partition coefficient (Wildman–Crippen LogP) is 5.00. The number of fused-ring (bicyclic) bond motifs is 3. The quantitative estimate of drug-likeness (QED) is 0.382. The van der Waals surface area contributed by atoms with E-state index in [1.165, 1.54) is 16.1 Å². The first kappa shape index (κ1) is 15.0. The Bertz CT molecular complexity index is 1030. The molecule has 0 aliphatic rings. The van der Waals surface area contributed by atoms with Crippen LogP contribution in [-0.2, 0) is 0 Å². The van der Waals surface area contributed by atoms with Gasteiger partial charge < -0.3 is 0 Å². The summed E-state index contributed by atoms with van der Waals surface area (Å²) < 4.78 is 0. The van der Waals surface area contributed by atoms with Crippen LogP contribution >= 0.6 is 0 Å². The molecule has 0 N–H and O–H groups in total. The van der Waals surface area contributed by atoms with Gasteiger partial charge in [0, 0.05) is 22.5 Å². The summed E-state index contributed by atoms with van der Waals surface area (Å²) in [6.45, 7) is 7.13. The normalized spacial score (nSPS) is 12.0.